The fraction of sp³-hybridized carbons (Fsp3) is 0.533. The van der Waals surface area contributed by atoms with Crippen molar-refractivity contribution in [2.45, 2.75) is 44.1 Å². The Kier molecular flexibility index (Phi) is 10.2. The number of likely N-dealkylation sites (N-methyl/N-ethyl adjacent to an activating group) is 1. The van der Waals surface area contributed by atoms with Gasteiger partial charge in [0.05, 0.1) is 28.5 Å². The summed E-state index contributed by atoms with van der Waals surface area (Å²) in [5.74, 6) is 0.495. The van der Waals surface area contributed by atoms with Crippen LogP contribution in [0, 0.1) is 6.57 Å². The summed E-state index contributed by atoms with van der Waals surface area (Å²) in [6, 6.07) is 4.24. The van der Waals surface area contributed by atoms with Gasteiger partial charge in [0.2, 0.25) is 12.5 Å². The van der Waals surface area contributed by atoms with E-state index in [9.17, 15) is 18.0 Å². The summed E-state index contributed by atoms with van der Waals surface area (Å²) in [6.45, 7) is 10.7. The number of aromatic nitrogens is 2. The molecule has 3 aliphatic heterocycles. The highest BCUT2D eigenvalue weighted by Gasteiger charge is 2.39. The minimum absolute atomic E-state index is 0.00615. The van der Waals surface area contributed by atoms with Crippen LogP contribution in [0.25, 0.3) is 4.85 Å². The highest BCUT2D eigenvalue weighted by Crippen LogP contribution is 2.43. The molecule has 0 bridgehead atoms. The van der Waals surface area contributed by atoms with Crippen LogP contribution < -0.4 is 14.5 Å². The van der Waals surface area contributed by atoms with Gasteiger partial charge in [-0.15, -0.1) is 0 Å². The summed E-state index contributed by atoms with van der Waals surface area (Å²) >= 11 is 9.34. The van der Waals surface area contributed by atoms with E-state index >= 15 is 0 Å². The summed E-state index contributed by atoms with van der Waals surface area (Å²) in [5.41, 5.74) is 0.566. The number of hydrogen-bond donors (Lipinski definition) is 0. The Morgan fingerprint density at radius 3 is 2.73 bits per heavy atom. The van der Waals surface area contributed by atoms with Gasteiger partial charge in [0.25, 0.3) is 0 Å². The first-order valence-corrected chi connectivity index (χ1v) is 16.0. The number of alkyl halides is 4. The first-order valence-electron chi connectivity index (χ1n) is 14.6. The molecule has 2 fully saturated rings. The monoisotopic (exact) mass is 695 g/mol. The third-order valence-corrected chi connectivity index (χ3v) is 9.12. The number of hydrogen-bond acceptors (Lipinski definition) is 7. The molecule has 1 aromatic heterocycles. The highest BCUT2D eigenvalue weighted by molar-refractivity contribution is 9.09. The first-order chi connectivity index (χ1) is 21.1. The van der Waals surface area contributed by atoms with Crippen molar-refractivity contribution in [2.24, 2.45) is 0 Å². The molecule has 2 aromatic rings. The van der Waals surface area contributed by atoms with Crippen molar-refractivity contribution in [3.63, 3.8) is 0 Å². The zero-order valence-electron chi connectivity index (χ0n) is 24.4. The SMILES string of the molecule is [C-]#[N+]C[C@H]1CN(c2nc(OC[C@@H]3CCCN3C)nc3c2CCN(c2cccc(Cl)c2C(F)(F)F)C3)CCN1C(=O)/C=C/CBr. The predicted octanol–water partition coefficient (Wildman–Crippen LogP) is 5.07. The van der Waals surface area contributed by atoms with Gasteiger partial charge in [-0.05, 0) is 51.1 Å². The molecule has 14 heteroatoms. The molecule has 1 amide bonds. The fourth-order valence-corrected chi connectivity index (χ4v) is 6.64. The zero-order valence-corrected chi connectivity index (χ0v) is 26.7. The van der Waals surface area contributed by atoms with Gasteiger partial charge in [0.1, 0.15) is 18.5 Å². The maximum absolute atomic E-state index is 14.0. The molecule has 1 aromatic carbocycles. The van der Waals surface area contributed by atoms with E-state index in [0.717, 1.165) is 24.9 Å². The van der Waals surface area contributed by atoms with Crippen LogP contribution in [0.1, 0.15) is 29.7 Å². The summed E-state index contributed by atoms with van der Waals surface area (Å²) in [7, 11) is 2.05. The molecular formula is C30H34BrClF3N7O2. The van der Waals surface area contributed by atoms with Crippen LogP contribution in [0.3, 0.4) is 0 Å². The van der Waals surface area contributed by atoms with Crippen LogP contribution in [0.5, 0.6) is 6.01 Å². The number of allylic oxidation sites excluding steroid dienone is 1. The molecule has 3 aliphatic rings. The van der Waals surface area contributed by atoms with E-state index in [1.165, 1.54) is 24.3 Å². The molecule has 0 N–H and O–H groups in total. The number of piperazine rings is 1. The molecular weight excluding hydrogens is 663 g/mol. The lowest BCUT2D eigenvalue weighted by Gasteiger charge is -2.41. The number of carbonyl (C=O) groups excluding carboxylic acids is 1. The predicted molar refractivity (Wildman–Crippen MR) is 167 cm³/mol. The van der Waals surface area contributed by atoms with Gasteiger partial charge in [0.15, 0.2) is 0 Å². The van der Waals surface area contributed by atoms with Crippen LogP contribution in [0.15, 0.2) is 30.4 Å². The van der Waals surface area contributed by atoms with E-state index in [4.69, 9.17) is 32.9 Å². The van der Waals surface area contributed by atoms with Gasteiger partial charge in [-0.3, -0.25) is 4.79 Å². The van der Waals surface area contributed by atoms with Crippen molar-refractivity contribution in [1.29, 1.82) is 0 Å². The van der Waals surface area contributed by atoms with Crippen LogP contribution >= 0.6 is 27.5 Å². The Hall–Kier alpha value is -3.08. The summed E-state index contributed by atoms with van der Waals surface area (Å²) in [4.78, 5) is 33.6. The third kappa shape index (κ3) is 7.08. The van der Waals surface area contributed by atoms with Crippen LogP contribution in [0.4, 0.5) is 24.7 Å². The van der Waals surface area contributed by atoms with Crippen molar-refractivity contribution in [3.8, 4) is 6.01 Å². The number of amides is 1. The van der Waals surface area contributed by atoms with Gasteiger partial charge in [-0.2, -0.15) is 23.1 Å². The summed E-state index contributed by atoms with van der Waals surface area (Å²) in [5, 5.41) is 0.202. The third-order valence-electron chi connectivity index (χ3n) is 8.43. The quantitative estimate of drug-likeness (QED) is 0.217. The number of halogens is 5. The van der Waals surface area contributed by atoms with Crippen molar-refractivity contribution in [1.82, 2.24) is 19.8 Å². The second-order valence-electron chi connectivity index (χ2n) is 11.2. The number of anilines is 2. The van der Waals surface area contributed by atoms with E-state index in [0.29, 0.717) is 56.0 Å². The van der Waals surface area contributed by atoms with Crippen molar-refractivity contribution in [3.05, 3.63) is 63.6 Å². The lowest BCUT2D eigenvalue weighted by atomic mass is 10.0. The normalized spacial score (nSPS) is 21.1. The standard InChI is InChI=1S/C30H34BrClF3N7O2/c1-36-16-21-17-41(14-15-42(21)26(43)9-4-11-31)28-22-10-13-40(25-8-3-7-23(32)27(25)30(33,34)35)18-24(22)37-29(38-28)44-19-20-6-5-12-39(20)2/h3-4,7-9,20-21H,5-6,10-19H2,2H3/b9-4+/t20-,21-/m0/s1. The number of benzene rings is 1. The van der Waals surface area contributed by atoms with Gasteiger partial charge >= 0.3 is 12.2 Å². The molecule has 0 radical (unpaired) electrons. The van der Waals surface area contributed by atoms with E-state index in [2.05, 4.69) is 30.6 Å². The van der Waals surface area contributed by atoms with Crippen LogP contribution in [-0.2, 0) is 23.9 Å². The molecule has 44 heavy (non-hydrogen) atoms. The lowest BCUT2D eigenvalue weighted by molar-refractivity contribution is -0.137. The molecule has 9 nitrogen and oxygen atoms in total. The van der Waals surface area contributed by atoms with Gasteiger partial charge in [0, 0.05) is 43.1 Å². The Labute approximate surface area is 268 Å². The van der Waals surface area contributed by atoms with Gasteiger partial charge in [-0.1, -0.05) is 39.7 Å². The summed E-state index contributed by atoms with van der Waals surface area (Å²) in [6.07, 6.45) is 1.10. The molecule has 236 valence electrons. The highest BCUT2D eigenvalue weighted by atomic mass is 79.9. The average molecular weight is 697 g/mol. The van der Waals surface area contributed by atoms with Crippen LogP contribution in [0.2, 0.25) is 5.02 Å². The van der Waals surface area contributed by atoms with E-state index in [-0.39, 0.29) is 47.8 Å². The lowest BCUT2D eigenvalue weighted by Crippen LogP contribution is -2.56. The molecule has 0 saturated carbocycles. The number of nitrogens with zero attached hydrogens (tertiary/aromatic N) is 7. The van der Waals surface area contributed by atoms with Crippen LogP contribution in [-0.4, -0.2) is 96.0 Å². The molecule has 2 atom stereocenters. The number of rotatable bonds is 8. The second kappa shape index (κ2) is 13.9. The van der Waals surface area contributed by atoms with E-state index in [1.807, 2.05) is 7.05 Å². The van der Waals surface area contributed by atoms with Crippen molar-refractivity contribution >= 4 is 44.9 Å². The molecule has 0 aliphatic carbocycles. The molecule has 2 saturated heterocycles. The Morgan fingerprint density at radius 1 is 1.20 bits per heavy atom. The van der Waals surface area contributed by atoms with Gasteiger partial charge in [-0.25, -0.2) is 6.57 Å². The molecule has 0 spiro atoms. The fourth-order valence-electron chi connectivity index (χ4n) is 6.18. The minimum atomic E-state index is -4.62. The minimum Gasteiger partial charge on any atom is -0.462 e. The Bertz CT molecular complexity index is 1440. The number of fused-ring (bicyclic) bond motifs is 1. The smallest absolute Gasteiger partial charge is 0.419 e. The Morgan fingerprint density at radius 2 is 2.02 bits per heavy atom. The maximum Gasteiger partial charge on any atom is 0.419 e. The maximum atomic E-state index is 14.0. The molecule has 0 unspecified atom stereocenters. The van der Waals surface area contributed by atoms with Gasteiger partial charge < -0.3 is 29.2 Å². The number of carbonyl (C=O) groups is 1. The van der Waals surface area contributed by atoms with E-state index in [1.54, 1.807) is 15.9 Å². The Balaban J connectivity index is 1.47. The van der Waals surface area contributed by atoms with Crippen molar-refractivity contribution in [2.75, 3.05) is 68.1 Å². The topological polar surface area (TPSA) is 69.4 Å². The number of ether oxygens (including phenoxy) is 1. The second-order valence-corrected chi connectivity index (χ2v) is 12.2. The van der Waals surface area contributed by atoms with Crippen molar-refractivity contribution < 1.29 is 22.7 Å². The summed E-state index contributed by atoms with van der Waals surface area (Å²) < 4.78 is 48.3. The average Bonchev–Trinajstić information content (AvgIpc) is 3.41. The first kappa shape index (κ1) is 32.3. The van der Waals surface area contributed by atoms with E-state index < -0.39 is 11.7 Å². The molecule has 4 heterocycles. The zero-order chi connectivity index (χ0) is 31.4. The largest absolute Gasteiger partial charge is 0.462 e. The number of likely N-dealkylation sites (tertiary alicyclic amines) is 1. The molecule has 5 rings (SSSR count).